The fourth-order valence-corrected chi connectivity index (χ4v) is 4.23. The maximum atomic E-state index is 4.39. The Hall–Kier alpha value is -1.20. The van der Waals surface area contributed by atoms with Crippen LogP contribution in [0.25, 0.3) is 0 Å². The number of aromatic nitrogens is 3. The van der Waals surface area contributed by atoms with E-state index in [1.54, 1.807) is 0 Å². The highest BCUT2D eigenvalue weighted by Crippen LogP contribution is 2.36. The van der Waals surface area contributed by atoms with E-state index in [2.05, 4.69) is 61.1 Å². The molecule has 0 radical (unpaired) electrons. The van der Waals surface area contributed by atoms with Crippen LogP contribution in [0.15, 0.2) is 22.7 Å². The van der Waals surface area contributed by atoms with Gasteiger partial charge in [0, 0.05) is 23.5 Å². The van der Waals surface area contributed by atoms with Crippen LogP contribution in [0.2, 0.25) is 0 Å². The summed E-state index contributed by atoms with van der Waals surface area (Å²) in [4.78, 5) is 0. The molecule has 1 aromatic carbocycles. The van der Waals surface area contributed by atoms with E-state index in [9.17, 15) is 0 Å². The number of rotatable bonds is 3. The van der Waals surface area contributed by atoms with E-state index in [0.717, 1.165) is 37.5 Å². The van der Waals surface area contributed by atoms with Gasteiger partial charge in [0.25, 0.3) is 0 Å². The number of aryl methyl sites for hydroxylation is 1. The summed E-state index contributed by atoms with van der Waals surface area (Å²) >= 11 is 3.67. The maximum absolute atomic E-state index is 4.39. The van der Waals surface area contributed by atoms with Crippen molar-refractivity contribution in [3.8, 4) is 0 Å². The quantitative estimate of drug-likeness (QED) is 0.926. The highest BCUT2D eigenvalue weighted by Gasteiger charge is 2.28. The number of hydrogen-bond donors (Lipinski definition) is 1. The van der Waals surface area contributed by atoms with Crippen LogP contribution >= 0.6 is 15.9 Å². The second kappa shape index (κ2) is 5.21. The van der Waals surface area contributed by atoms with Gasteiger partial charge in [0.15, 0.2) is 0 Å². The smallest absolute Gasteiger partial charge is 0.149 e. The predicted octanol–water partition coefficient (Wildman–Crippen LogP) is 3.32. The second-order valence-corrected chi connectivity index (χ2v) is 6.87. The van der Waals surface area contributed by atoms with Crippen molar-refractivity contribution in [3.63, 3.8) is 0 Å². The average molecular weight is 347 g/mol. The summed E-state index contributed by atoms with van der Waals surface area (Å²) in [5.74, 6) is 2.24. The van der Waals surface area contributed by atoms with Gasteiger partial charge in [0.2, 0.25) is 0 Å². The Morgan fingerprint density at radius 3 is 3.14 bits per heavy atom. The minimum Gasteiger partial charge on any atom is -0.314 e. The predicted molar refractivity (Wildman–Crippen MR) is 85.1 cm³/mol. The molecule has 0 spiro atoms. The van der Waals surface area contributed by atoms with E-state index >= 15 is 0 Å². The SMILES string of the molecule is CC(NC1CCc2c(Br)cccc21)c1nnc2n1CCC2. The Morgan fingerprint density at radius 1 is 1.33 bits per heavy atom. The molecule has 2 atom stereocenters. The van der Waals surface area contributed by atoms with E-state index < -0.39 is 0 Å². The van der Waals surface area contributed by atoms with Crippen LogP contribution in [0.4, 0.5) is 0 Å². The summed E-state index contributed by atoms with van der Waals surface area (Å²) in [6, 6.07) is 7.16. The first kappa shape index (κ1) is 13.5. The Bertz CT molecular complexity index is 679. The Morgan fingerprint density at radius 2 is 2.24 bits per heavy atom. The normalized spacial score (nSPS) is 21.3. The van der Waals surface area contributed by atoms with Crippen LogP contribution in [0, 0.1) is 0 Å². The molecule has 2 aliphatic rings. The van der Waals surface area contributed by atoms with Gasteiger partial charge < -0.3 is 9.88 Å². The van der Waals surface area contributed by atoms with Crippen LogP contribution in [0.5, 0.6) is 0 Å². The van der Waals surface area contributed by atoms with Gasteiger partial charge >= 0.3 is 0 Å². The molecule has 2 unspecified atom stereocenters. The zero-order chi connectivity index (χ0) is 14.4. The molecule has 110 valence electrons. The summed E-state index contributed by atoms with van der Waals surface area (Å²) in [5.41, 5.74) is 2.88. The van der Waals surface area contributed by atoms with Crippen LogP contribution in [-0.4, -0.2) is 14.8 Å². The number of halogens is 1. The molecule has 1 aromatic heterocycles. The topological polar surface area (TPSA) is 42.7 Å². The van der Waals surface area contributed by atoms with Crippen molar-refractivity contribution in [1.82, 2.24) is 20.1 Å². The van der Waals surface area contributed by atoms with Crippen molar-refractivity contribution in [2.24, 2.45) is 0 Å². The Kier molecular flexibility index (Phi) is 3.34. The van der Waals surface area contributed by atoms with Crippen molar-refractivity contribution in [1.29, 1.82) is 0 Å². The molecular weight excluding hydrogens is 328 g/mol. The lowest BCUT2D eigenvalue weighted by atomic mass is 10.1. The summed E-state index contributed by atoms with van der Waals surface area (Å²) in [7, 11) is 0. The van der Waals surface area contributed by atoms with Gasteiger partial charge in [-0.25, -0.2) is 0 Å². The minimum absolute atomic E-state index is 0.235. The first-order chi connectivity index (χ1) is 10.2. The lowest BCUT2D eigenvalue weighted by molar-refractivity contribution is 0.437. The first-order valence-electron chi connectivity index (χ1n) is 7.69. The van der Waals surface area contributed by atoms with Crippen LogP contribution in [0.1, 0.15) is 54.6 Å². The molecular formula is C16H19BrN4. The molecule has 2 heterocycles. The van der Waals surface area contributed by atoms with Crippen molar-refractivity contribution in [2.75, 3.05) is 0 Å². The van der Waals surface area contributed by atoms with Gasteiger partial charge in [-0.2, -0.15) is 0 Å². The first-order valence-corrected chi connectivity index (χ1v) is 8.48. The molecule has 4 nitrogen and oxygen atoms in total. The molecule has 5 heteroatoms. The van der Waals surface area contributed by atoms with Crippen LogP contribution in [-0.2, 0) is 19.4 Å². The molecule has 0 saturated carbocycles. The molecule has 21 heavy (non-hydrogen) atoms. The highest BCUT2D eigenvalue weighted by atomic mass is 79.9. The molecule has 0 saturated heterocycles. The molecule has 0 bridgehead atoms. The lowest BCUT2D eigenvalue weighted by Crippen LogP contribution is -2.25. The summed E-state index contributed by atoms with van der Waals surface area (Å²) < 4.78 is 3.52. The molecule has 1 aliphatic heterocycles. The fourth-order valence-electron chi connectivity index (χ4n) is 3.65. The molecule has 1 aliphatic carbocycles. The average Bonchev–Trinajstić information content (AvgIpc) is 3.14. The molecule has 2 aromatic rings. The maximum Gasteiger partial charge on any atom is 0.149 e. The Labute approximate surface area is 133 Å². The van der Waals surface area contributed by atoms with Crippen molar-refractivity contribution in [3.05, 3.63) is 45.4 Å². The number of fused-ring (bicyclic) bond motifs is 2. The second-order valence-electron chi connectivity index (χ2n) is 6.02. The van der Waals surface area contributed by atoms with E-state index in [0.29, 0.717) is 6.04 Å². The Balaban J connectivity index is 1.56. The minimum atomic E-state index is 0.235. The summed E-state index contributed by atoms with van der Waals surface area (Å²) in [6.07, 6.45) is 4.56. The zero-order valence-electron chi connectivity index (χ0n) is 12.1. The fraction of sp³-hybridized carbons (Fsp3) is 0.500. The van der Waals surface area contributed by atoms with E-state index in [4.69, 9.17) is 0 Å². The zero-order valence-corrected chi connectivity index (χ0v) is 13.7. The van der Waals surface area contributed by atoms with Gasteiger partial charge in [-0.15, -0.1) is 10.2 Å². The standard InChI is InChI=1S/C16H19BrN4/c1-10(16-20-19-15-6-3-9-21(15)16)18-14-8-7-11-12(14)4-2-5-13(11)17/h2,4-5,10,14,18H,3,6-9H2,1H3. The largest absolute Gasteiger partial charge is 0.314 e. The van der Waals surface area contributed by atoms with Gasteiger partial charge in [-0.05, 0) is 43.4 Å². The van der Waals surface area contributed by atoms with Gasteiger partial charge in [-0.3, -0.25) is 0 Å². The van der Waals surface area contributed by atoms with Crippen LogP contribution in [0.3, 0.4) is 0 Å². The third kappa shape index (κ3) is 2.23. The summed E-state index contributed by atoms with van der Waals surface area (Å²) in [5, 5.41) is 12.5. The molecule has 4 rings (SSSR count). The number of nitrogens with zero attached hydrogens (tertiary/aromatic N) is 3. The summed E-state index contributed by atoms with van der Waals surface area (Å²) in [6.45, 7) is 3.27. The van der Waals surface area contributed by atoms with Gasteiger partial charge in [-0.1, -0.05) is 28.1 Å². The third-order valence-electron chi connectivity index (χ3n) is 4.69. The van der Waals surface area contributed by atoms with Gasteiger partial charge in [0.1, 0.15) is 11.6 Å². The lowest BCUT2D eigenvalue weighted by Gasteiger charge is -2.20. The van der Waals surface area contributed by atoms with Crippen molar-refractivity contribution in [2.45, 2.75) is 51.2 Å². The molecule has 0 fully saturated rings. The van der Waals surface area contributed by atoms with E-state index in [-0.39, 0.29) is 6.04 Å². The van der Waals surface area contributed by atoms with E-state index in [1.165, 1.54) is 22.0 Å². The van der Waals surface area contributed by atoms with Crippen molar-refractivity contribution < 1.29 is 0 Å². The van der Waals surface area contributed by atoms with Crippen LogP contribution < -0.4 is 5.32 Å². The monoisotopic (exact) mass is 346 g/mol. The third-order valence-corrected chi connectivity index (χ3v) is 5.43. The number of hydrogen-bond acceptors (Lipinski definition) is 3. The van der Waals surface area contributed by atoms with Gasteiger partial charge in [0.05, 0.1) is 6.04 Å². The van der Waals surface area contributed by atoms with Crippen molar-refractivity contribution >= 4 is 15.9 Å². The molecule has 0 amide bonds. The van der Waals surface area contributed by atoms with E-state index in [1.807, 2.05) is 0 Å². The number of nitrogens with one attached hydrogen (secondary N) is 1. The highest BCUT2D eigenvalue weighted by molar-refractivity contribution is 9.10. The number of benzene rings is 1. The molecule has 1 N–H and O–H groups in total.